The van der Waals surface area contributed by atoms with Gasteiger partial charge in [0.05, 0.1) is 12.3 Å². The Balaban J connectivity index is 0.00000361. The predicted octanol–water partition coefficient (Wildman–Crippen LogP) is 1.51. The number of thiophene rings is 1. The van der Waals surface area contributed by atoms with Crippen molar-refractivity contribution in [1.29, 1.82) is 0 Å². The summed E-state index contributed by atoms with van der Waals surface area (Å²) in [5.41, 5.74) is 0. The van der Waals surface area contributed by atoms with Crippen molar-refractivity contribution in [3.63, 3.8) is 0 Å². The van der Waals surface area contributed by atoms with Crippen LogP contribution in [0.15, 0.2) is 22.5 Å². The maximum absolute atomic E-state index is 11.0. The summed E-state index contributed by atoms with van der Waals surface area (Å²) in [6, 6.07) is 4.13. The van der Waals surface area contributed by atoms with Gasteiger partial charge in [-0.1, -0.05) is 6.07 Å². The van der Waals surface area contributed by atoms with Gasteiger partial charge in [-0.3, -0.25) is 4.99 Å². The van der Waals surface area contributed by atoms with Crippen LogP contribution in [0.1, 0.15) is 11.8 Å². The van der Waals surface area contributed by atoms with Crippen molar-refractivity contribution >= 4 is 51.1 Å². The van der Waals surface area contributed by atoms with Crippen molar-refractivity contribution in [3.05, 3.63) is 22.4 Å². The lowest BCUT2D eigenvalue weighted by Crippen LogP contribution is -2.38. The molecule has 8 heteroatoms. The highest BCUT2D eigenvalue weighted by Gasteiger charge is 2.02. The molecule has 0 fully saturated rings. The number of nitrogens with zero attached hydrogens (tertiary/aromatic N) is 1. The molecule has 0 saturated carbocycles. The van der Waals surface area contributed by atoms with E-state index in [1.807, 2.05) is 13.0 Å². The fourth-order valence-electron chi connectivity index (χ4n) is 1.42. The van der Waals surface area contributed by atoms with Crippen LogP contribution in [-0.4, -0.2) is 46.0 Å². The van der Waals surface area contributed by atoms with Gasteiger partial charge in [0.25, 0.3) is 0 Å². The number of hydrogen-bond acceptors (Lipinski definition) is 4. The zero-order chi connectivity index (χ0) is 14.1. The largest absolute Gasteiger partial charge is 0.357 e. The lowest BCUT2D eigenvalue weighted by Gasteiger charge is -2.10. The van der Waals surface area contributed by atoms with Gasteiger partial charge in [-0.05, 0) is 24.8 Å². The lowest BCUT2D eigenvalue weighted by molar-refractivity contribution is 0.601. The molecule has 0 unspecified atom stereocenters. The highest BCUT2D eigenvalue weighted by molar-refractivity contribution is 14.0. The lowest BCUT2D eigenvalue weighted by atomic mass is 10.3. The monoisotopic (exact) mass is 431 g/mol. The second kappa shape index (κ2) is 10.4. The van der Waals surface area contributed by atoms with E-state index in [1.165, 1.54) is 11.1 Å². The van der Waals surface area contributed by atoms with Crippen molar-refractivity contribution in [3.8, 4) is 0 Å². The van der Waals surface area contributed by atoms with E-state index in [0.717, 1.165) is 19.5 Å². The fraction of sp³-hybridized carbons (Fsp3) is 0.583. The van der Waals surface area contributed by atoms with Crippen LogP contribution in [0.5, 0.6) is 0 Å². The molecule has 5 nitrogen and oxygen atoms in total. The van der Waals surface area contributed by atoms with Gasteiger partial charge in [-0.25, -0.2) is 8.42 Å². The van der Waals surface area contributed by atoms with Gasteiger partial charge < -0.3 is 10.6 Å². The van der Waals surface area contributed by atoms with E-state index in [-0.39, 0.29) is 36.3 Å². The summed E-state index contributed by atoms with van der Waals surface area (Å²) < 4.78 is 22.1. The summed E-state index contributed by atoms with van der Waals surface area (Å²) >= 11 is 1.73. The summed E-state index contributed by atoms with van der Waals surface area (Å²) in [5, 5.41) is 8.35. The Morgan fingerprint density at radius 3 is 2.70 bits per heavy atom. The van der Waals surface area contributed by atoms with Gasteiger partial charge in [0.1, 0.15) is 9.84 Å². The summed E-state index contributed by atoms with van der Waals surface area (Å²) in [7, 11) is -2.95. The minimum atomic E-state index is -2.95. The zero-order valence-electron chi connectivity index (χ0n) is 11.8. The predicted molar refractivity (Wildman–Crippen MR) is 97.1 cm³/mol. The van der Waals surface area contributed by atoms with Crippen molar-refractivity contribution < 1.29 is 8.42 Å². The zero-order valence-corrected chi connectivity index (χ0v) is 15.7. The molecule has 1 aromatic heterocycles. The van der Waals surface area contributed by atoms with Crippen LogP contribution in [0, 0.1) is 0 Å². The van der Waals surface area contributed by atoms with Crippen LogP contribution in [0.3, 0.4) is 0 Å². The minimum absolute atomic E-state index is 0. The Bertz CT molecular complexity index is 487. The topological polar surface area (TPSA) is 70.6 Å². The Labute approximate surface area is 142 Å². The number of aliphatic imine (C=N–C) groups is 1. The Hall–Kier alpha value is -0.350. The Kier molecular flexibility index (Phi) is 10.2. The van der Waals surface area contributed by atoms with Crippen LogP contribution < -0.4 is 10.6 Å². The van der Waals surface area contributed by atoms with Gasteiger partial charge >= 0.3 is 0 Å². The highest BCUT2D eigenvalue weighted by atomic mass is 127. The van der Waals surface area contributed by atoms with Gasteiger partial charge in [0, 0.05) is 24.2 Å². The van der Waals surface area contributed by atoms with Gasteiger partial charge in [-0.2, -0.15) is 0 Å². The smallest absolute Gasteiger partial charge is 0.191 e. The molecule has 0 saturated heterocycles. The van der Waals surface area contributed by atoms with Crippen molar-refractivity contribution in [2.75, 3.05) is 31.6 Å². The third kappa shape index (κ3) is 9.54. The Morgan fingerprint density at radius 2 is 2.15 bits per heavy atom. The first-order valence-electron chi connectivity index (χ1n) is 6.23. The molecule has 0 atom stereocenters. The third-order valence-corrected chi connectivity index (χ3v) is 4.18. The van der Waals surface area contributed by atoms with E-state index in [0.29, 0.717) is 5.96 Å². The van der Waals surface area contributed by atoms with Crippen LogP contribution >= 0.6 is 35.3 Å². The van der Waals surface area contributed by atoms with Crippen molar-refractivity contribution in [2.24, 2.45) is 4.99 Å². The number of hydrogen-bond donors (Lipinski definition) is 2. The summed E-state index contributed by atoms with van der Waals surface area (Å²) in [6.45, 7) is 3.80. The van der Waals surface area contributed by atoms with E-state index in [4.69, 9.17) is 0 Å². The number of rotatable bonds is 7. The van der Waals surface area contributed by atoms with Crippen LogP contribution in [0.25, 0.3) is 0 Å². The van der Waals surface area contributed by atoms with Gasteiger partial charge in [-0.15, -0.1) is 35.3 Å². The van der Waals surface area contributed by atoms with Crippen molar-refractivity contribution in [1.82, 2.24) is 10.6 Å². The molecule has 2 N–H and O–H groups in total. The molecule has 0 bridgehead atoms. The molecule has 0 spiro atoms. The molecule has 0 aliphatic heterocycles. The molecule has 20 heavy (non-hydrogen) atoms. The summed E-state index contributed by atoms with van der Waals surface area (Å²) in [6.07, 6.45) is 2.16. The average Bonchev–Trinajstić information content (AvgIpc) is 2.80. The van der Waals surface area contributed by atoms with Crippen LogP contribution in [-0.2, 0) is 16.3 Å². The van der Waals surface area contributed by atoms with E-state index in [2.05, 4.69) is 27.1 Å². The summed E-state index contributed by atoms with van der Waals surface area (Å²) in [4.78, 5) is 5.56. The average molecular weight is 431 g/mol. The van der Waals surface area contributed by atoms with Crippen LogP contribution in [0.2, 0.25) is 0 Å². The molecule has 1 aromatic rings. The van der Waals surface area contributed by atoms with E-state index in [1.54, 1.807) is 11.3 Å². The maximum atomic E-state index is 11.0. The quantitative estimate of drug-likeness (QED) is 0.390. The second-order valence-corrected chi connectivity index (χ2v) is 7.44. The molecule has 0 aromatic carbocycles. The first-order chi connectivity index (χ1) is 9.01. The fourth-order valence-corrected chi connectivity index (χ4v) is 2.56. The highest BCUT2D eigenvalue weighted by Crippen LogP contribution is 2.07. The molecule has 1 rings (SSSR count). The standard InChI is InChI=1S/C12H21N3O2S2.HI/c1-3-13-12(15-8-10-19(2,16)17)14-7-6-11-5-4-9-18-11;/h4-5,9H,3,6-8,10H2,1-2H3,(H2,13,14,15);1H. The molecule has 1 heterocycles. The third-order valence-electron chi connectivity index (χ3n) is 2.32. The first-order valence-corrected chi connectivity index (χ1v) is 9.17. The molecule has 0 radical (unpaired) electrons. The summed E-state index contributed by atoms with van der Waals surface area (Å²) in [5.74, 6) is 0.747. The maximum Gasteiger partial charge on any atom is 0.191 e. The van der Waals surface area contributed by atoms with Gasteiger partial charge in [0.2, 0.25) is 0 Å². The van der Waals surface area contributed by atoms with Crippen LogP contribution in [0.4, 0.5) is 0 Å². The molecule has 0 aliphatic carbocycles. The minimum Gasteiger partial charge on any atom is -0.357 e. The number of nitrogens with one attached hydrogen (secondary N) is 2. The first kappa shape index (κ1) is 19.7. The molecule has 0 aliphatic rings. The molecule has 0 amide bonds. The number of sulfone groups is 1. The van der Waals surface area contributed by atoms with E-state index in [9.17, 15) is 8.42 Å². The van der Waals surface area contributed by atoms with E-state index >= 15 is 0 Å². The Morgan fingerprint density at radius 1 is 1.40 bits per heavy atom. The number of halogens is 1. The SMILES string of the molecule is CCNC(=NCCS(C)(=O)=O)NCCc1cccs1.I. The molecular weight excluding hydrogens is 409 g/mol. The second-order valence-electron chi connectivity index (χ2n) is 4.15. The van der Waals surface area contributed by atoms with Crippen molar-refractivity contribution in [2.45, 2.75) is 13.3 Å². The number of guanidine groups is 1. The van der Waals surface area contributed by atoms with Gasteiger partial charge in [0.15, 0.2) is 5.96 Å². The van der Waals surface area contributed by atoms with E-state index < -0.39 is 9.84 Å². The molecular formula is C12H22IN3O2S2. The normalized spacial score (nSPS) is 11.8. The molecule has 116 valence electrons.